The number of H-pyrrole nitrogens is 1. The quantitative estimate of drug-likeness (QED) is 0.828. The summed E-state index contributed by atoms with van der Waals surface area (Å²) >= 11 is 0. The van der Waals surface area contributed by atoms with Gasteiger partial charge in [0, 0.05) is 12.5 Å². The molecule has 7 heteroatoms. The van der Waals surface area contributed by atoms with E-state index in [-0.39, 0.29) is 29.7 Å². The Balaban J connectivity index is 1.66. The van der Waals surface area contributed by atoms with Gasteiger partial charge in [-0.1, -0.05) is 0 Å². The molecule has 1 saturated heterocycles. The van der Waals surface area contributed by atoms with E-state index in [1.165, 1.54) is 0 Å². The van der Waals surface area contributed by atoms with Crippen LogP contribution in [0.15, 0.2) is 0 Å². The summed E-state index contributed by atoms with van der Waals surface area (Å²) in [5.74, 6) is 1.01. The number of aromatic nitrogens is 3. The predicted molar refractivity (Wildman–Crippen MR) is 67.2 cm³/mol. The summed E-state index contributed by atoms with van der Waals surface area (Å²) in [5, 5.41) is 9.21. The molecule has 0 radical (unpaired) electrons. The van der Waals surface area contributed by atoms with Gasteiger partial charge in [-0.15, -0.1) is 5.10 Å². The van der Waals surface area contributed by atoms with E-state index in [9.17, 15) is 9.59 Å². The second-order valence-electron chi connectivity index (χ2n) is 5.20. The number of nitrogens with zero attached hydrogens (tertiary/aromatic N) is 3. The number of carbonyl (C=O) groups excluding carboxylic acids is 2. The number of rotatable bonds is 3. The highest BCUT2D eigenvalue weighted by atomic mass is 16.2. The SMILES string of the molecule is Cc1nc(NC(=O)C2CCCN2C(=O)C2CC2)n[nH]1. The lowest BCUT2D eigenvalue weighted by Gasteiger charge is -2.23. The monoisotopic (exact) mass is 263 g/mol. The highest BCUT2D eigenvalue weighted by Crippen LogP contribution is 2.33. The van der Waals surface area contributed by atoms with Crippen molar-refractivity contribution >= 4 is 17.8 Å². The van der Waals surface area contributed by atoms with E-state index in [1.807, 2.05) is 0 Å². The van der Waals surface area contributed by atoms with Crippen LogP contribution < -0.4 is 5.32 Å². The van der Waals surface area contributed by atoms with Crippen molar-refractivity contribution in [1.29, 1.82) is 0 Å². The number of anilines is 1. The van der Waals surface area contributed by atoms with Crippen molar-refractivity contribution in [2.24, 2.45) is 5.92 Å². The molecule has 0 spiro atoms. The molecule has 1 saturated carbocycles. The van der Waals surface area contributed by atoms with Crippen molar-refractivity contribution < 1.29 is 9.59 Å². The lowest BCUT2D eigenvalue weighted by Crippen LogP contribution is -2.44. The van der Waals surface area contributed by atoms with Crippen molar-refractivity contribution in [3.63, 3.8) is 0 Å². The summed E-state index contributed by atoms with van der Waals surface area (Å²) in [7, 11) is 0. The topological polar surface area (TPSA) is 91.0 Å². The highest BCUT2D eigenvalue weighted by Gasteiger charge is 2.40. The summed E-state index contributed by atoms with van der Waals surface area (Å²) in [4.78, 5) is 30.0. The van der Waals surface area contributed by atoms with E-state index in [4.69, 9.17) is 0 Å². The van der Waals surface area contributed by atoms with Gasteiger partial charge in [0.2, 0.25) is 17.8 Å². The third-order valence-electron chi connectivity index (χ3n) is 3.60. The maximum absolute atomic E-state index is 12.2. The molecule has 7 nitrogen and oxygen atoms in total. The number of carbonyl (C=O) groups is 2. The minimum absolute atomic E-state index is 0.129. The van der Waals surface area contributed by atoms with E-state index in [0.717, 1.165) is 19.3 Å². The van der Waals surface area contributed by atoms with Crippen LogP contribution >= 0.6 is 0 Å². The fraction of sp³-hybridized carbons (Fsp3) is 0.667. The Morgan fingerprint density at radius 2 is 2.16 bits per heavy atom. The van der Waals surface area contributed by atoms with Crippen molar-refractivity contribution in [2.75, 3.05) is 11.9 Å². The molecule has 1 atom stereocenters. The number of aromatic amines is 1. The van der Waals surface area contributed by atoms with Crippen LogP contribution in [0.1, 0.15) is 31.5 Å². The second-order valence-corrected chi connectivity index (χ2v) is 5.20. The van der Waals surface area contributed by atoms with Gasteiger partial charge in [0.25, 0.3) is 0 Å². The molecule has 2 fully saturated rings. The number of amides is 2. The van der Waals surface area contributed by atoms with Crippen LogP contribution in [0, 0.1) is 12.8 Å². The summed E-state index contributed by atoms with van der Waals surface area (Å²) in [5.41, 5.74) is 0. The first-order chi connectivity index (χ1) is 9.15. The van der Waals surface area contributed by atoms with Crippen molar-refractivity contribution in [1.82, 2.24) is 20.1 Å². The summed E-state index contributed by atoms with van der Waals surface area (Å²) in [6.07, 6.45) is 3.52. The Morgan fingerprint density at radius 1 is 1.37 bits per heavy atom. The average molecular weight is 263 g/mol. The summed E-state index contributed by atoms with van der Waals surface area (Å²) in [6, 6.07) is -0.369. The molecule has 1 aliphatic heterocycles. The van der Waals surface area contributed by atoms with Crippen LogP contribution in [0.5, 0.6) is 0 Å². The first kappa shape index (κ1) is 12.1. The molecule has 2 amide bonds. The molecule has 2 heterocycles. The van der Waals surface area contributed by atoms with Gasteiger partial charge >= 0.3 is 0 Å². The Bertz CT molecular complexity index is 508. The molecule has 3 rings (SSSR count). The lowest BCUT2D eigenvalue weighted by molar-refractivity contribution is -0.137. The van der Waals surface area contributed by atoms with Crippen molar-refractivity contribution in [2.45, 2.75) is 38.6 Å². The van der Waals surface area contributed by atoms with Gasteiger partial charge in [-0.25, -0.2) is 0 Å². The third kappa shape index (κ3) is 2.45. The first-order valence-electron chi connectivity index (χ1n) is 6.65. The van der Waals surface area contributed by atoms with Crippen LogP contribution in [-0.2, 0) is 9.59 Å². The van der Waals surface area contributed by atoms with Gasteiger partial charge in [-0.3, -0.25) is 20.0 Å². The third-order valence-corrected chi connectivity index (χ3v) is 3.60. The molecule has 1 aromatic rings. The fourth-order valence-corrected chi connectivity index (χ4v) is 2.46. The molecule has 1 unspecified atom stereocenters. The average Bonchev–Trinajstić information content (AvgIpc) is 2.97. The Kier molecular flexibility index (Phi) is 2.96. The van der Waals surface area contributed by atoms with Crippen molar-refractivity contribution in [3.05, 3.63) is 5.82 Å². The zero-order valence-corrected chi connectivity index (χ0v) is 10.8. The van der Waals surface area contributed by atoms with E-state index in [2.05, 4.69) is 20.5 Å². The number of hydrogen-bond acceptors (Lipinski definition) is 4. The van der Waals surface area contributed by atoms with Crippen molar-refractivity contribution in [3.8, 4) is 0 Å². The van der Waals surface area contributed by atoms with Gasteiger partial charge in [-0.05, 0) is 32.6 Å². The standard InChI is InChI=1S/C12H17N5O2/c1-7-13-12(16-15-7)14-10(18)9-3-2-6-17(9)11(19)8-4-5-8/h8-9H,2-6H2,1H3,(H2,13,14,15,16,18). The normalized spacial score (nSPS) is 22.6. The number of hydrogen-bond donors (Lipinski definition) is 2. The molecule has 2 N–H and O–H groups in total. The molecule has 102 valence electrons. The molecule has 1 aliphatic carbocycles. The largest absolute Gasteiger partial charge is 0.330 e. The molecular formula is C12H17N5O2. The molecular weight excluding hydrogens is 246 g/mol. The van der Waals surface area contributed by atoms with Crippen LogP contribution in [0.2, 0.25) is 0 Å². The second kappa shape index (κ2) is 4.64. The zero-order chi connectivity index (χ0) is 13.4. The zero-order valence-electron chi connectivity index (χ0n) is 10.8. The molecule has 19 heavy (non-hydrogen) atoms. The lowest BCUT2D eigenvalue weighted by atomic mass is 10.2. The molecule has 2 aliphatic rings. The minimum atomic E-state index is -0.369. The number of nitrogens with one attached hydrogen (secondary N) is 2. The molecule has 1 aromatic heterocycles. The number of aryl methyl sites for hydroxylation is 1. The van der Waals surface area contributed by atoms with Crippen LogP contribution in [-0.4, -0.2) is 44.5 Å². The summed E-state index contributed by atoms with van der Waals surface area (Å²) in [6.45, 7) is 2.45. The van der Waals surface area contributed by atoms with Crippen LogP contribution in [0.25, 0.3) is 0 Å². The van der Waals surface area contributed by atoms with E-state index >= 15 is 0 Å². The van der Waals surface area contributed by atoms with E-state index in [0.29, 0.717) is 18.8 Å². The predicted octanol–water partition coefficient (Wildman–Crippen LogP) is 0.453. The van der Waals surface area contributed by atoms with Crippen LogP contribution in [0.3, 0.4) is 0 Å². The Hall–Kier alpha value is -1.92. The molecule has 0 bridgehead atoms. The Labute approximate surface area is 110 Å². The minimum Gasteiger partial charge on any atom is -0.330 e. The maximum Gasteiger partial charge on any atom is 0.249 e. The van der Waals surface area contributed by atoms with Gasteiger partial charge in [-0.2, -0.15) is 4.98 Å². The fourth-order valence-electron chi connectivity index (χ4n) is 2.46. The smallest absolute Gasteiger partial charge is 0.249 e. The van der Waals surface area contributed by atoms with E-state index in [1.54, 1.807) is 11.8 Å². The molecule has 0 aromatic carbocycles. The maximum atomic E-state index is 12.2. The first-order valence-corrected chi connectivity index (χ1v) is 6.65. The van der Waals surface area contributed by atoms with Gasteiger partial charge in [0.05, 0.1) is 0 Å². The van der Waals surface area contributed by atoms with Crippen LogP contribution in [0.4, 0.5) is 5.95 Å². The summed E-state index contributed by atoms with van der Waals surface area (Å²) < 4.78 is 0. The van der Waals surface area contributed by atoms with Gasteiger partial charge in [0.15, 0.2) is 0 Å². The van der Waals surface area contributed by atoms with E-state index < -0.39 is 0 Å². The van der Waals surface area contributed by atoms with Gasteiger partial charge < -0.3 is 4.90 Å². The number of likely N-dealkylation sites (tertiary alicyclic amines) is 1. The highest BCUT2D eigenvalue weighted by molar-refractivity contribution is 5.97. The Morgan fingerprint density at radius 3 is 2.79 bits per heavy atom. The van der Waals surface area contributed by atoms with Gasteiger partial charge in [0.1, 0.15) is 11.9 Å².